The van der Waals surface area contributed by atoms with Gasteiger partial charge in [0.2, 0.25) is 0 Å². The summed E-state index contributed by atoms with van der Waals surface area (Å²) >= 11 is 0. The quantitative estimate of drug-likeness (QED) is 0.865. The first kappa shape index (κ1) is 14.2. The summed E-state index contributed by atoms with van der Waals surface area (Å²) in [4.78, 5) is 0. The Hall–Kier alpha value is -2.23. The molecule has 0 atom stereocenters. The minimum Gasteiger partial charge on any atom is -0.508 e. The molecule has 1 N–H and O–H groups in total. The first-order valence-corrected chi connectivity index (χ1v) is 6.07. The zero-order chi connectivity index (χ0) is 14.6. The van der Waals surface area contributed by atoms with Crippen LogP contribution in [0.1, 0.15) is 16.7 Å². The van der Waals surface area contributed by atoms with Crippen LogP contribution >= 0.6 is 0 Å². The second kappa shape index (κ2) is 5.82. The molecule has 20 heavy (non-hydrogen) atoms. The Morgan fingerprint density at radius 2 is 1.70 bits per heavy atom. The lowest BCUT2D eigenvalue weighted by molar-refractivity contribution is -0.137. The SMILES string of the molecule is Oc1ccc(C(F)(F)F)cc1C/C=C/c1ccccc1. The molecule has 0 fully saturated rings. The highest BCUT2D eigenvalue weighted by atomic mass is 19.4. The monoisotopic (exact) mass is 278 g/mol. The van der Waals surface area contributed by atoms with Crippen LogP contribution in [0.2, 0.25) is 0 Å². The summed E-state index contributed by atoms with van der Waals surface area (Å²) in [6.45, 7) is 0. The van der Waals surface area contributed by atoms with Crippen molar-refractivity contribution in [1.82, 2.24) is 0 Å². The average molecular weight is 278 g/mol. The highest BCUT2D eigenvalue weighted by Crippen LogP contribution is 2.32. The van der Waals surface area contributed by atoms with Gasteiger partial charge in [0.25, 0.3) is 0 Å². The molecular weight excluding hydrogens is 265 g/mol. The fourth-order valence-electron chi connectivity index (χ4n) is 1.81. The molecule has 0 unspecified atom stereocenters. The second-order valence-electron chi connectivity index (χ2n) is 4.36. The van der Waals surface area contributed by atoms with Crippen LogP contribution in [0.25, 0.3) is 6.08 Å². The van der Waals surface area contributed by atoms with E-state index in [9.17, 15) is 18.3 Å². The van der Waals surface area contributed by atoms with Crippen LogP contribution in [0, 0.1) is 0 Å². The van der Waals surface area contributed by atoms with Crippen LogP contribution in [0.3, 0.4) is 0 Å². The predicted octanol–water partition coefficient (Wildman–Crippen LogP) is 4.67. The Bertz CT molecular complexity index is 601. The molecular formula is C16H13F3O. The number of hydrogen-bond acceptors (Lipinski definition) is 1. The standard InChI is InChI=1S/C16H13F3O/c17-16(18,19)14-9-10-15(20)13(11-14)8-4-7-12-5-2-1-3-6-12/h1-7,9-11,20H,8H2/b7-4+. The van der Waals surface area contributed by atoms with E-state index in [1.54, 1.807) is 12.2 Å². The smallest absolute Gasteiger partial charge is 0.416 e. The number of allylic oxidation sites excluding steroid dienone is 1. The number of halogens is 3. The molecule has 1 nitrogen and oxygen atoms in total. The maximum absolute atomic E-state index is 12.6. The van der Waals surface area contributed by atoms with Crippen molar-refractivity contribution in [2.24, 2.45) is 0 Å². The van der Waals surface area contributed by atoms with Crippen molar-refractivity contribution in [3.8, 4) is 5.75 Å². The first-order chi connectivity index (χ1) is 9.47. The topological polar surface area (TPSA) is 20.2 Å². The fraction of sp³-hybridized carbons (Fsp3) is 0.125. The van der Waals surface area contributed by atoms with Crippen molar-refractivity contribution < 1.29 is 18.3 Å². The van der Waals surface area contributed by atoms with Gasteiger partial charge >= 0.3 is 6.18 Å². The maximum atomic E-state index is 12.6. The molecule has 0 saturated carbocycles. The van der Waals surface area contributed by atoms with E-state index in [0.717, 1.165) is 23.8 Å². The Morgan fingerprint density at radius 3 is 2.35 bits per heavy atom. The fourth-order valence-corrected chi connectivity index (χ4v) is 1.81. The molecule has 0 aliphatic heterocycles. The minimum atomic E-state index is -4.40. The Morgan fingerprint density at radius 1 is 1.00 bits per heavy atom. The van der Waals surface area contributed by atoms with Gasteiger partial charge in [0.05, 0.1) is 5.56 Å². The number of phenolic OH excluding ortho intramolecular Hbond substituents is 1. The number of phenols is 1. The summed E-state index contributed by atoms with van der Waals surface area (Å²) in [7, 11) is 0. The Balaban J connectivity index is 2.15. The van der Waals surface area contributed by atoms with Gasteiger partial charge in [-0.15, -0.1) is 0 Å². The largest absolute Gasteiger partial charge is 0.508 e. The van der Waals surface area contributed by atoms with Crippen molar-refractivity contribution in [3.05, 3.63) is 71.3 Å². The van der Waals surface area contributed by atoms with Crippen LogP contribution < -0.4 is 0 Å². The van der Waals surface area contributed by atoms with E-state index in [4.69, 9.17) is 0 Å². The summed E-state index contributed by atoms with van der Waals surface area (Å²) in [5, 5.41) is 9.60. The molecule has 2 rings (SSSR count). The predicted molar refractivity (Wildman–Crippen MR) is 72.3 cm³/mol. The van der Waals surface area contributed by atoms with E-state index in [2.05, 4.69) is 0 Å². The molecule has 0 bridgehead atoms. The van der Waals surface area contributed by atoms with Gasteiger partial charge in [0, 0.05) is 0 Å². The summed E-state index contributed by atoms with van der Waals surface area (Å²) in [6, 6.07) is 12.3. The summed E-state index contributed by atoms with van der Waals surface area (Å²) in [5.41, 5.74) is 0.462. The lowest BCUT2D eigenvalue weighted by Crippen LogP contribution is -2.05. The third-order valence-electron chi connectivity index (χ3n) is 2.85. The third-order valence-corrected chi connectivity index (χ3v) is 2.85. The van der Waals surface area contributed by atoms with E-state index in [0.29, 0.717) is 0 Å². The zero-order valence-electron chi connectivity index (χ0n) is 10.6. The summed E-state index contributed by atoms with van der Waals surface area (Å²) in [6.07, 6.45) is -0.625. The molecule has 2 aromatic carbocycles. The van der Waals surface area contributed by atoms with Crippen LogP contribution in [-0.2, 0) is 12.6 Å². The number of benzene rings is 2. The highest BCUT2D eigenvalue weighted by Gasteiger charge is 2.30. The molecule has 0 aliphatic rings. The van der Waals surface area contributed by atoms with Crippen LogP contribution in [0.15, 0.2) is 54.6 Å². The molecule has 0 aliphatic carbocycles. The van der Waals surface area contributed by atoms with E-state index in [1.165, 1.54) is 0 Å². The number of rotatable bonds is 3. The lowest BCUT2D eigenvalue weighted by atomic mass is 10.1. The number of alkyl halides is 3. The van der Waals surface area contributed by atoms with Gasteiger partial charge in [-0.05, 0) is 35.7 Å². The van der Waals surface area contributed by atoms with Crippen molar-refractivity contribution in [3.63, 3.8) is 0 Å². The summed E-state index contributed by atoms with van der Waals surface area (Å²) < 4.78 is 37.8. The van der Waals surface area contributed by atoms with Crippen LogP contribution in [0.4, 0.5) is 13.2 Å². The van der Waals surface area contributed by atoms with Gasteiger partial charge < -0.3 is 5.11 Å². The molecule has 0 aromatic heterocycles. The van der Waals surface area contributed by atoms with Gasteiger partial charge in [-0.1, -0.05) is 42.5 Å². The third kappa shape index (κ3) is 3.63. The molecule has 0 saturated heterocycles. The molecule has 2 aromatic rings. The minimum absolute atomic E-state index is 0.129. The van der Waals surface area contributed by atoms with Gasteiger partial charge in [-0.3, -0.25) is 0 Å². The van der Waals surface area contributed by atoms with Crippen molar-refractivity contribution in [2.75, 3.05) is 0 Å². The van der Waals surface area contributed by atoms with Crippen molar-refractivity contribution in [2.45, 2.75) is 12.6 Å². The second-order valence-corrected chi connectivity index (χ2v) is 4.36. The molecule has 0 radical (unpaired) electrons. The van der Waals surface area contributed by atoms with E-state index >= 15 is 0 Å². The molecule has 104 valence electrons. The highest BCUT2D eigenvalue weighted by molar-refractivity contribution is 5.50. The number of hydrogen-bond donors (Lipinski definition) is 1. The first-order valence-electron chi connectivity index (χ1n) is 6.07. The molecule has 0 amide bonds. The molecule has 0 spiro atoms. The molecule has 4 heteroatoms. The molecule has 0 heterocycles. The van der Waals surface area contributed by atoms with Crippen molar-refractivity contribution >= 4 is 6.08 Å². The number of aromatic hydroxyl groups is 1. The average Bonchev–Trinajstić information content (AvgIpc) is 2.41. The Labute approximate surface area is 115 Å². The van der Waals surface area contributed by atoms with Crippen LogP contribution in [-0.4, -0.2) is 5.11 Å². The van der Waals surface area contributed by atoms with Gasteiger partial charge in [-0.2, -0.15) is 13.2 Å². The van der Waals surface area contributed by atoms with Gasteiger partial charge in [0.1, 0.15) is 5.75 Å². The van der Waals surface area contributed by atoms with Crippen molar-refractivity contribution in [1.29, 1.82) is 0 Å². The van der Waals surface area contributed by atoms with E-state index in [1.807, 2.05) is 30.3 Å². The maximum Gasteiger partial charge on any atom is 0.416 e. The van der Waals surface area contributed by atoms with Gasteiger partial charge in [0.15, 0.2) is 0 Å². The van der Waals surface area contributed by atoms with E-state index < -0.39 is 11.7 Å². The summed E-state index contributed by atoms with van der Waals surface area (Å²) in [5.74, 6) is -0.129. The zero-order valence-corrected chi connectivity index (χ0v) is 10.6. The lowest BCUT2D eigenvalue weighted by Gasteiger charge is -2.09. The van der Waals surface area contributed by atoms with Crippen LogP contribution in [0.5, 0.6) is 5.75 Å². The van der Waals surface area contributed by atoms with E-state index in [-0.39, 0.29) is 17.7 Å². The van der Waals surface area contributed by atoms with Gasteiger partial charge in [-0.25, -0.2) is 0 Å². The normalized spacial score (nSPS) is 11.9. The Kier molecular flexibility index (Phi) is 4.13.